The van der Waals surface area contributed by atoms with Crippen LogP contribution in [-0.4, -0.2) is 21.0 Å². The molecule has 1 aromatic carbocycles. The summed E-state index contributed by atoms with van der Waals surface area (Å²) in [6.45, 7) is 4.30. The number of pyridine rings is 1. The standard InChI is InChI=1S/C20H21F3N6/c1-12(2)26-17-10-18(27-15-6-7-25-16(9-15)20(21,22)23)29-19(28-17)14-5-3-4-13(8-14)11-24/h3-10,12H,11,24H2,1-2H3,(H2,25,26,27,28,29). The van der Waals surface area contributed by atoms with Crippen LogP contribution in [0.15, 0.2) is 48.7 Å². The van der Waals surface area contributed by atoms with Crippen LogP contribution in [0.3, 0.4) is 0 Å². The lowest BCUT2D eigenvalue weighted by Crippen LogP contribution is -2.12. The lowest BCUT2D eigenvalue weighted by molar-refractivity contribution is -0.141. The molecule has 2 aromatic heterocycles. The Balaban J connectivity index is 1.99. The molecule has 152 valence electrons. The monoisotopic (exact) mass is 402 g/mol. The molecule has 0 bridgehead atoms. The Morgan fingerprint density at radius 2 is 1.79 bits per heavy atom. The van der Waals surface area contributed by atoms with E-state index in [1.54, 1.807) is 6.07 Å². The van der Waals surface area contributed by atoms with E-state index in [4.69, 9.17) is 5.73 Å². The Morgan fingerprint density at radius 3 is 2.48 bits per heavy atom. The highest BCUT2D eigenvalue weighted by atomic mass is 19.4. The molecule has 0 amide bonds. The molecule has 0 saturated heterocycles. The molecule has 9 heteroatoms. The zero-order valence-electron chi connectivity index (χ0n) is 16.0. The van der Waals surface area contributed by atoms with E-state index >= 15 is 0 Å². The number of nitrogens with one attached hydrogen (secondary N) is 2. The Kier molecular flexibility index (Phi) is 5.97. The first-order valence-electron chi connectivity index (χ1n) is 9.00. The highest BCUT2D eigenvalue weighted by Gasteiger charge is 2.32. The van der Waals surface area contributed by atoms with Gasteiger partial charge < -0.3 is 16.4 Å². The van der Waals surface area contributed by atoms with E-state index in [0.29, 0.717) is 24.0 Å². The second-order valence-electron chi connectivity index (χ2n) is 6.72. The third kappa shape index (κ3) is 5.41. The molecule has 0 aliphatic heterocycles. The van der Waals surface area contributed by atoms with E-state index in [1.807, 2.05) is 38.1 Å². The normalized spacial score (nSPS) is 11.6. The number of hydrogen-bond acceptors (Lipinski definition) is 6. The van der Waals surface area contributed by atoms with Crippen molar-refractivity contribution in [1.29, 1.82) is 0 Å². The van der Waals surface area contributed by atoms with Crippen LogP contribution >= 0.6 is 0 Å². The van der Waals surface area contributed by atoms with Crippen LogP contribution in [0.1, 0.15) is 25.1 Å². The largest absolute Gasteiger partial charge is 0.433 e. The summed E-state index contributed by atoms with van der Waals surface area (Å²) in [5.74, 6) is 1.34. The Labute approximate surface area is 166 Å². The van der Waals surface area contributed by atoms with Gasteiger partial charge in [0, 0.05) is 36.1 Å². The van der Waals surface area contributed by atoms with Crippen molar-refractivity contribution in [3.63, 3.8) is 0 Å². The van der Waals surface area contributed by atoms with Gasteiger partial charge in [0.1, 0.15) is 17.3 Å². The molecule has 0 aliphatic carbocycles. The molecule has 29 heavy (non-hydrogen) atoms. The van der Waals surface area contributed by atoms with Gasteiger partial charge in [-0.25, -0.2) is 9.97 Å². The molecule has 0 aliphatic rings. The van der Waals surface area contributed by atoms with Gasteiger partial charge in [-0.1, -0.05) is 18.2 Å². The Bertz CT molecular complexity index is 988. The van der Waals surface area contributed by atoms with Gasteiger partial charge in [0.25, 0.3) is 0 Å². The van der Waals surface area contributed by atoms with Gasteiger partial charge in [0.2, 0.25) is 0 Å². The zero-order valence-corrected chi connectivity index (χ0v) is 16.0. The molecule has 0 fully saturated rings. The Morgan fingerprint density at radius 1 is 1.03 bits per heavy atom. The number of anilines is 3. The summed E-state index contributed by atoms with van der Waals surface area (Å²) >= 11 is 0. The van der Waals surface area contributed by atoms with Crippen molar-refractivity contribution < 1.29 is 13.2 Å². The molecular formula is C20H21F3N6. The number of aromatic nitrogens is 3. The number of alkyl halides is 3. The topological polar surface area (TPSA) is 88.8 Å². The van der Waals surface area contributed by atoms with E-state index in [0.717, 1.165) is 23.4 Å². The molecule has 3 rings (SSSR count). The molecule has 0 unspecified atom stereocenters. The summed E-state index contributed by atoms with van der Waals surface area (Å²) in [6, 6.07) is 11.6. The fraction of sp³-hybridized carbons (Fsp3) is 0.250. The molecule has 0 spiro atoms. The van der Waals surface area contributed by atoms with Crippen molar-refractivity contribution >= 4 is 17.3 Å². The number of benzene rings is 1. The molecule has 6 nitrogen and oxygen atoms in total. The average Bonchev–Trinajstić information content (AvgIpc) is 2.67. The van der Waals surface area contributed by atoms with E-state index < -0.39 is 11.9 Å². The number of rotatable bonds is 6. The first kappa shape index (κ1) is 20.5. The lowest BCUT2D eigenvalue weighted by Gasteiger charge is -2.14. The van der Waals surface area contributed by atoms with Crippen molar-refractivity contribution in [2.45, 2.75) is 32.6 Å². The number of halogens is 3. The quantitative estimate of drug-likeness (QED) is 0.559. The summed E-state index contributed by atoms with van der Waals surface area (Å²) in [5, 5.41) is 6.11. The first-order chi connectivity index (χ1) is 13.7. The third-order valence-corrected chi connectivity index (χ3v) is 3.91. The minimum absolute atomic E-state index is 0.110. The number of hydrogen-bond donors (Lipinski definition) is 3. The number of nitrogens with zero attached hydrogens (tertiary/aromatic N) is 3. The van der Waals surface area contributed by atoms with Crippen molar-refractivity contribution in [3.05, 3.63) is 59.9 Å². The van der Waals surface area contributed by atoms with Crippen LogP contribution in [-0.2, 0) is 12.7 Å². The minimum Gasteiger partial charge on any atom is -0.368 e. The molecule has 0 atom stereocenters. The summed E-state index contributed by atoms with van der Waals surface area (Å²) < 4.78 is 38.8. The van der Waals surface area contributed by atoms with Crippen molar-refractivity contribution in [2.24, 2.45) is 5.73 Å². The van der Waals surface area contributed by atoms with E-state index in [-0.39, 0.29) is 11.7 Å². The summed E-state index contributed by atoms with van der Waals surface area (Å²) in [6.07, 6.45) is -3.42. The maximum Gasteiger partial charge on any atom is 0.433 e. The molecule has 2 heterocycles. The van der Waals surface area contributed by atoms with Gasteiger partial charge in [-0.3, -0.25) is 4.98 Å². The van der Waals surface area contributed by atoms with Gasteiger partial charge in [-0.2, -0.15) is 13.2 Å². The Hall–Kier alpha value is -3.20. The first-order valence-corrected chi connectivity index (χ1v) is 9.00. The van der Waals surface area contributed by atoms with Crippen LogP contribution in [0.4, 0.5) is 30.5 Å². The van der Waals surface area contributed by atoms with Gasteiger partial charge in [-0.05, 0) is 37.6 Å². The van der Waals surface area contributed by atoms with Gasteiger partial charge in [-0.15, -0.1) is 0 Å². The van der Waals surface area contributed by atoms with Crippen LogP contribution in [0.25, 0.3) is 11.4 Å². The van der Waals surface area contributed by atoms with E-state index in [2.05, 4.69) is 25.6 Å². The zero-order chi connectivity index (χ0) is 21.0. The van der Waals surface area contributed by atoms with Gasteiger partial charge in [0.05, 0.1) is 0 Å². The maximum atomic E-state index is 12.9. The maximum absolute atomic E-state index is 12.9. The lowest BCUT2D eigenvalue weighted by atomic mass is 10.1. The van der Waals surface area contributed by atoms with Gasteiger partial charge in [0.15, 0.2) is 5.82 Å². The summed E-state index contributed by atoms with van der Waals surface area (Å²) in [7, 11) is 0. The molecular weight excluding hydrogens is 381 g/mol. The average molecular weight is 402 g/mol. The summed E-state index contributed by atoms with van der Waals surface area (Å²) in [5.41, 5.74) is 6.64. The van der Waals surface area contributed by atoms with Crippen molar-refractivity contribution in [1.82, 2.24) is 15.0 Å². The molecule has 4 N–H and O–H groups in total. The van der Waals surface area contributed by atoms with Crippen LogP contribution in [0, 0.1) is 0 Å². The second-order valence-corrected chi connectivity index (χ2v) is 6.72. The fourth-order valence-corrected chi connectivity index (χ4v) is 2.66. The highest BCUT2D eigenvalue weighted by Crippen LogP contribution is 2.30. The second kappa shape index (κ2) is 8.44. The predicted octanol–water partition coefficient (Wildman–Crippen LogP) is 4.58. The molecule has 0 radical (unpaired) electrons. The molecule has 0 saturated carbocycles. The smallest absolute Gasteiger partial charge is 0.368 e. The number of nitrogens with two attached hydrogens (primary N) is 1. The van der Waals surface area contributed by atoms with Crippen molar-refractivity contribution in [2.75, 3.05) is 10.6 Å². The minimum atomic E-state index is -4.53. The van der Waals surface area contributed by atoms with Crippen LogP contribution in [0.2, 0.25) is 0 Å². The predicted molar refractivity (Wildman–Crippen MR) is 107 cm³/mol. The van der Waals surface area contributed by atoms with Gasteiger partial charge >= 0.3 is 6.18 Å². The third-order valence-electron chi connectivity index (χ3n) is 3.91. The highest BCUT2D eigenvalue weighted by molar-refractivity contribution is 5.65. The molecule has 3 aromatic rings. The fourth-order valence-electron chi connectivity index (χ4n) is 2.66. The van der Waals surface area contributed by atoms with E-state index in [9.17, 15) is 13.2 Å². The van der Waals surface area contributed by atoms with Crippen LogP contribution in [0.5, 0.6) is 0 Å². The van der Waals surface area contributed by atoms with Crippen LogP contribution < -0.4 is 16.4 Å². The SMILES string of the molecule is CC(C)Nc1cc(Nc2ccnc(C(F)(F)F)c2)nc(-c2cccc(CN)c2)n1. The van der Waals surface area contributed by atoms with Crippen molar-refractivity contribution in [3.8, 4) is 11.4 Å². The van der Waals surface area contributed by atoms with E-state index in [1.165, 1.54) is 6.07 Å². The summed E-state index contributed by atoms with van der Waals surface area (Å²) in [4.78, 5) is 12.4.